The normalized spacial score (nSPS) is 22.6. The lowest BCUT2D eigenvalue weighted by atomic mass is 10.1. The van der Waals surface area contributed by atoms with E-state index in [1.165, 1.54) is 0 Å². The van der Waals surface area contributed by atoms with E-state index in [1.807, 2.05) is 43.5 Å². The largest absolute Gasteiger partial charge is 0.507 e. The van der Waals surface area contributed by atoms with Crippen LogP contribution >= 0.6 is 0 Å². The second kappa shape index (κ2) is 4.99. The fourth-order valence-corrected chi connectivity index (χ4v) is 2.35. The standard InChI is InChI=1S/C15H16N2O2/c1-10-6-7-11(8-16-10)14-9-17-15(19-14)12-4-2-3-5-13(12)18/h2-8,14-15,17-18H,9H2,1H3/p+1/t14-,15-/m1/s1. The summed E-state index contributed by atoms with van der Waals surface area (Å²) in [4.78, 5) is 4.30. The van der Waals surface area contributed by atoms with Crippen LogP contribution in [0, 0.1) is 6.92 Å². The topological polar surface area (TPSA) is 59.0 Å². The van der Waals surface area contributed by atoms with Gasteiger partial charge in [-0.2, -0.15) is 0 Å². The van der Waals surface area contributed by atoms with Crippen LogP contribution in [0.2, 0.25) is 0 Å². The number of rotatable bonds is 2. The van der Waals surface area contributed by atoms with Crippen molar-refractivity contribution in [3.8, 4) is 5.75 Å². The Morgan fingerprint density at radius 2 is 2.11 bits per heavy atom. The lowest BCUT2D eigenvalue weighted by molar-refractivity contribution is -0.698. The molecular formula is C15H17N2O2+. The molecule has 0 unspecified atom stereocenters. The van der Waals surface area contributed by atoms with Crippen molar-refractivity contribution in [3.63, 3.8) is 0 Å². The summed E-state index contributed by atoms with van der Waals surface area (Å²) in [5.74, 6) is 0.284. The monoisotopic (exact) mass is 257 g/mol. The number of aromatic hydroxyl groups is 1. The van der Waals surface area contributed by atoms with Crippen molar-refractivity contribution >= 4 is 0 Å². The Kier molecular flexibility index (Phi) is 3.19. The fourth-order valence-electron chi connectivity index (χ4n) is 2.35. The van der Waals surface area contributed by atoms with E-state index in [0.717, 1.165) is 23.4 Å². The van der Waals surface area contributed by atoms with Gasteiger partial charge in [-0.15, -0.1) is 0 Å². The van der Waals surface area contributed by atoms with Gasteiger partial charge in [-0.1, -0.05) is 18.2 Å². The molecule has 0 spiro atoms. The van der Waals surface area contributed by atoms with Crippen LogP contribution in [0.3, 0.4) is 0 Å². The number of nitrogens with zero attached hydrogens (tertiary/aromatic N) is 1. The number of hydrogen-bond acceptors (Lipinski definition) is 3. The van der Waals surface area contributed by atoms with Gasteiger partial charge in [0, 0.05) is 17.5 Å². The van der Waals surface area contributed by atoms with Crippen LogP contribution in [0.15, 0.2) is 42.6 Å². The third kappa shape index (κ3) is 2.45. The van der Waals surface area contributed by atoms with Crippen LogP contribution in [0.4, 0.5) is 0 Å². The molecule has 2 heterocycles. The molecule has 1 aromatic carbocycles. The van der Waals surface area contributed by atoms with Crippen molar-refractivity contribution in [1.29, 1.82) is 0 Å². The van der Waals surface area contributed by atoms with E-state index in [1.54, 1.807) is 6.07 Å². The number of nitrogens with two attached hydrogens (primary N) is 1. The summed E-state index contributed by atoms with van der Waals surface area (Å²) in [6.45, 7) is 2.81. The zero-order chi connectivity index (χ0) is 13.2. The van der Waals surface area contributed by atoms with Crippen molar-refractivity contribution in [2.75, 3.05) is 6.54 Å². The molecule has 4 heteroatoms. The van der Waals surface area contributed by atoms with Crippen LogP contribution in [0.1, 0.15) is 29.2 Å². The molecule has 1 aliphatic heterocycles. The summed E-state index contributed by atoms with van der Waals surface area (Å²) in [5, 5.41) is 11.9. The Morgan fingerprint density at radius 1 is 1.26 bits per heavy atom. The molecular weight excluding hydrogens is 240 g/mol. The molecule has 19 heavy (non-hydrogen) atoms. The molecule has 0 bridgehead atoms. The van der Waals surface area contributed by atoms with E-state index in [-0.39, 0.29) is 18.1 Å². The SMILES string of the molecule is Cc1ccc([C@H]2C[NH2+][C@@H](c3ccccc3O)O2)cn1. The van der Waals surface area contributed by atoms with E-state index in [2.05, 4.69) is 10.3 Å². The van der Waals surface area contributed by atoms with Gasteiger partial charge in [0.25, 0.3) is 0 Å². The van der Waals surface area contributed by atoms with Gasteiger partial charge in [-0.25, -0.2) is 0 Å². The number of aromatic nitrogens is 1. The highest BCUT2D eigenvalue weighted by molar-refractivity contribution is 5.32. The average molecular weight is 257 g/mol. The Labute approximate surface area is 112 Å². The smallest absolute Gasteiger partial charge is 0.221 e. The first-order valence-corrected chi connectivity index (χ1v) is 6.43. The van der Waals surface area contributed by atoms with Gasteiger partial charge >= 0.3 is 0 Å². The van der Waals surface area contributed by atoms with Crippen molar-refractivity contribution in [2.24, 2.45) is 0 Å². The predicted molar refractivity (Wildman–Crippen MR) is 70.4 cm³/mol. The summed E-state index contributed by atoms with van der Waals surface area (Å²) in [7, 11) is 0. The average Bonchev–Trinajstić information content (AvgIpc) is 2.89. The molecule has 1 aromatic heterocycles. The number of quaternary nitrogens is 1. The third-order valence-corrected chi connectivity index (χ3v) is 3.42. The molecule has 0 radical (unpaired) electrons. The highest BCUT2D eigenvalue weighted by atomic mass is 16.5. The lowest BCUT2D eigenvalue weighted by Crippen LogP contribution is -2.82. The minimum Gasteiger partial charge on any atom is -0.507 e. The molecule has 4 nitrogen and oxygen atoms in total. The Balaban J connectivity index is 1.77. The highest BCUT2D eigenvalue weighted by Gasteiger charge is 2.32. The van der Waals surface area contributed by atoms with Gasteiger partial charge in [0.1, 0.15) is 18.4 Å². The maximum absolute atomic E-state index is 9.85. The fraction of sp³-hybridized carbons (Fsp3) is 0.267. The number of para-hydroxylation sites is 1. The van der Waals surface area contributed by atoms with Crippen LogP contribution in [0.25, 0.3) is 0 Å². The molecule has 1 saturated heterocycles. The predicted octanol–water partition coefficient (Wildman–Crippen LogP) is 1.43. The molecule has 1 fully saturated rings. The third-order valence-electron chi connectivity index (χ3n) is 3.42. The molecule has 0 aliphatic carbocycles. The van der Waals surface area contributed by atoms with Gasteiger partial charge in [0.2, 0.25) is 6.23 Å². The highest BCUT2D eigenvalue weighted by Crippen LogP contribution is 2.29. The molecule has 3 rings (SSSR count). The molecule has 1 aliphatic rings. The number of phenolic OH excluding ortho intramolecular Hbond substituents is 1. The van der Waals surface area contributed by atoms with E-state index in [4.69, 9.17) is 4.74 Å². The summed E-state index contributed by atoms with van der Waals surface area (Å²) in [6.07, 6.45) is 1.74. The second-order valence-corrected chi connectivity index (χ2v) is 4.81. The molecule has 2 atom stereocenters. The minimum absolute atomic E-state index is 0.0257. The summed E-state index contributed by atoms with van der Waals surface area (Å²) < 4.78 is 6.00. The van der Waals surface area contributed by atoms with Gasteiger partial charge in [0.15, 0.2) is 0 Å². The number of benzene rings is 1. The Morgan fingerprint density at radius 3 is 2.84 bits per heavy atom. The molecule has 0 saturated carbocycles. The molecule has 98 valence electrons. The van der Waals surface area contributed by atoms with Gasteiger partial charge in [-0.3, -0.25) is 4.98 Å². The van der Waals surface area contributed by atoms with E-state index >= 15 is 0 Å². The number of aryl methyl sites for hydroxylation is 1. The first-order valence-electron chi connectivity index (χ1n) is 6.43. The van der Waals surface area contributed by atoms with Gasteiger partial charge in [0.05, 0.1) is 5.56 Å². The first kappa shape index (κ1) is 12.1. The molecule has 2 aromatic rings. The number of phenols is 1. The van der Waals surface area contributed by atoms with Crippen molar-refractivity contribution < 1.29 is 15.2 Å². The first-order chi connectivity index (χ1) is 9.24. The van der Waals surface area contributed by atoms with E-state index < -0.39 is 0 Å². The van der Waals surface area contributed by atoms with Crippen LogP contribution in [0.5, 0.6) is 5.75 Å². The molecule has 0 amide bonds. The maximum atomic E-state index is 9.85. The van der Waals surface area contributed by atoms with Crippen LogP contribution < -0.4 is 5.32 Å². The van der Waals surface area contributed by atoms with E-state index in [0.29, 0.717) is 0 Å². The van der Waals surface area contributed by atoms with Crippen molar-refractivity contribution in [3.05, 3.63) is 59.4 Å². The summed E-state index contributed by atoms with van der Waals surface area (Å²) in [6, 6.07) is 11.3. The zero-order valence-electron chi connectivity index (χ0n) is 10.8. The van der Waals surface area contributed by atoms with Crippen LogP contribution in [-0.2, 0) is 4.74 Å². The van der Waals surface area contributed by atoms with Gasteiger partial charge in [-0.05, 0) is 25.1 Å². The minimum atomic E-state index is -0.146. The Bertz CT molecular complexity index is 569. The molecule has 3 N–H and O–H groups in total. The van der Waals surface area contributed by atoms with Crippen molar-refractivity contribution in [2.45, 2.75) is 19.3 Å². The summed E-state index contributed by atoms with van der Waals surface area (Å²) in [5.41, 5.74) is 2.91. The summed E-state index contributed by atoms with van der Waals surface area (Å²) >= 11 is 0. The van der Waals surface area contributed by atoms with Crippen molar-refractivity contribution in [1.82, 2.24) is 4.98 Å². The zero-order valence-corrected chi connectivity index (χ0v) is 10.8. The lowest BCUT2D eigenvalue weighted by Gasteiger charge is -2.10. The quantitative estimate of drug-likeness (QED) is 0.855. The van der Waals surface area contributed by atoms with Crippen LogP contribution in [-0.4, -0.2) is 16.6 Å². The second-order valence-electron chi connectivity index (χ2n) is 4.81. The van der Waals surface area contributed by atoms with E-state index in [9.17, 15) is 5.11 Å². The number of pyridine rings is 1. The number of hydrogen-bond donors (Lipinski definition) is 2. The maximum Gasteiger partial charge on any atom is 0.221 e. The Hall–Kier alpha value is -1.91. The number of ether oxygens (including phenoxy) is 1. The van der Waals surface area contributed by atoms with Gasteiger partial charge < -0.3 is 15.2 Å².